The summed E-state index contributed by atoms with van der Waals surface area (Å²) in [7, 11) is 0. The van der Waals surface area contributed by atoms with E-state index in [1.165, 1.54) is 0 Å². The van der Waals surface area contributed by atoms with E-state index in [2.05, 4.69) is 31.0 Å². The molecule has 1 unspecified atom stereocenters. The zero-order chi connectivity index (χ0) is 13.2. The molecule has 0 aromatic heterocycles. The van der Waals surface area contributed by atoms with Crippen molar-refractivity contribution in [3.63, 3.8) is 0 Å². The lowest BCUT2D eigenvalue weighted by Crippen LogP contribution is -2.16. The molecule has 1 aromatic carbocycles. The molecule has 0 spiro atoms. The number of aliphatic hydroxyl groups is 1. The van der Waals surface area contributed by atoms with Gasteiger partial charge in [0.2, 0.25) is 5.91 Å². The summed E-state index contributed by atoms with van der Waals surface area (Å²) in [6.45, 7) is 4.04. The minimum atomic E-state index is -0.160. The Morgan fingerprint density at radius 3 is 2.89 bits per heavy atom. The normalized spacial score (nSPS) is 19.6. The summed E-state index contributed by atoms with van der Waals surface area (Å²) < 4.78 is 0. The fourth-order valence-electron chi connectivity index (χ4n) is 1.96. The van der Waals surface area contributed by atoms with E-state index in [0.717, 1.165) is 17.7 Å². The van der Waals surface area contributed by atoms with E-state index >= 15 is 0 Å². The molecule has 3 heteroatoms. The topological polar surface area (TPSA) is 49.3 Å². The van der Waals surface area contributed by atoms with Crippen molar-refractivity contribution in [3.8, 4) is 11.8 Å². The first-order chi connectivity index (χ1) is 8.53. The van der Waals surface area contributed by atoms with Crippen LogP contribution >= 0.6 is 0 Å². The molecule has 1 atom stereocenters. The summed E-state index contributed by atoms with van der Waals surface area (Å²) in [5, 5.41) is 11.5. The maximum absolute atomic E-state index is 11.9. The number of carbonyl (C=O) groups excluding carboxylic acids is 1. The molecule has 1 fully saturated rings. The quantitative estimate of drug-likeness (QED) is 0.781. The smallest absolute Gasteiger partial charge is 0.228 e. The highest BCUT2D eigenvalue weighted by atomic mass is 16.2. The monoisotopic (exact) mass is 243 g/mol. The minimum Gasteiger partial charge on any atom is -0.384 e. The van der Waals surface area contributed by atoms with Crippen molar-refractivity contribution in [2.45, 2.75) is 20.3 Å². The predicted molar refractivity (Wildman–Crippen MR) is 70.9 cm³/mol. The molecule has 1 aromatic rings. The van der Waals surface area contributed by atoms with Crippen molar-refractivity contribution in [1.29, 1.82) is 0 Å². The Morgan fingerprint density at radius 2 is 2.28 bits per heavy atom. The van der Waals surface area contributed by atoms with Crippen molar-refractivity contribution in [2.75, 3.05) is 11.9 Å². The summed E-state index contributed by atoms with van der Waals surface area (Å²) >= 11 is 0. The second-order valence-corrected chi connectivity index (χ2v) is 5.28. The lowest BCUT2D eigenvalue weighted by atomic mass is 10.1. The highest BCUT2D eigenvalue weighted by Gasteiger charge is 2.50. The van der Waals surface area contributed by atoms with Crippen LogP contribution in [0.25, 0.3) is 0 Å². The second-order valence-electron chi connectivity index (χ2n) is 5.28. The molecule has 94 valence electrons. The molecule has 1 saturated carbocycles. The van der Waals surface area contributed by atoms with E-state index in [4.69, 9.17) is 5.11 Å². The van der Waals surface area contributed by atoms with Gasteiger partial charge in [-0.15, -0.1) is 0 Å². The zero-order valence-corrected chi connectivity index (χ0v) is 10.7. The summed E-state index contributed by atoms with van der Waals surface area (Å²) in [4.78, 5) is 11.9. The van der Waals surface area contributed by atoms with Crippen molar-refractivity contribution in [2.24, 2.45) is 11.3 Å². The van der Waals surface area contributed by atoms with Crippen molar-refractivity contribution >= 4 is 11.6 Å². The average molecular weight is 243 g/mol. The largest absolute Gasteiger partial charge is 0.384 e. The Kier molecular flexibility index (Phi) is 3.40. The third-order valence-corrected chi connectivity index (χ3v) is 3.27. The number of hydrogen-bond donors (Lipinski definition) is 2. The van der Waals surface area contributed by atoms with Crippen molar-refractivity contribution in [1.82, 2.24) is 0 Å². The van der Waals surface area contributed by atoms with Gasteiger partial charge in [-0.2, -0.15) is 0 Å². The maximum atomic E-state index is 11.9. The van der Waals surface area contributed by atoms with E-state index in [9.17, 15) is 4.79 Å². The van der Waals surface area contributed by atoms with Gasteiger partial charge in [0.1, 0.15) is 6.61 Å². The Morgan fingerprint density at radius 1 is 1.56 bits per heavy atom. The molecule has 0 saturated heterocycles. The maximum Gasteiger partial charge on any atom is 0.228 e. The highest BCUT2D eigenvalue weighted by molar-refractivity contribution is 5.95. The number of carbonyl (C=O) groups is 1. The molecule has 18 heavy (non-hydrogen) atoms. The Hall–Kier alpha value is -1.79. The molecule has 1 amide bonds. The molecule has 0 radical (unpaired) electrons. The van der Waals surface area contributed by atoms with Crippen LogP contribution in [0.1, 0.15) is 25.8 Å². The van der Waals surface area contributed by atoms with Crippen LogP contribution in [0, 0.1) is 23.2 Å². The van der Waals surface area contributed by atoms with Gasteiger partial charge in [-0.25, -0.2) is 0 Å². The van der Waals surface area contributed by atoms with Gasteiger partial charge in [-0.1, -0.05) is 31.8 Å². The molecule has 1 aliphatic rings. The van der Waals surface area contributed by atoms with Gasteiger partial charge in [-0.05, 0) is 30.0 Å². The van der Waals surface area contributed by atoms with Crippen LogP contribution in [-0.4, -0.2) is 17.6 Å². The fourth-order valence-corrected chi connectivity index (χ4v) is 1.96. The van der Waals surface area contributed by atoms with Crippen LogP contribution in [0.2, 0.25) is 0 Å². The van der Waals surface area contributed by atoms with Crippen LogP contribution in [0.15, 0.2) is 24.3 Å². The summed E-state index contributed by atoms with van der Waals surface area (Å²) in [6.07, 6.45) is 0.947. The van der Waals surface area contributed by atoms with Crippen LogP contribution in [-0.2, 0) is 4.79 Å². The third kappa shape index (κ3) is 2.91. The Labute approximate surface area is 107 Å². The molecular formula is C15H17NO2. The van der Waals surface area contributed by atoms with Gasteiger partial charge in [0, 0.05) is 17.2 Å². The summed E-state index contributed by atoms with van der Waals surface area (Å²) in [5.41, 5.74) is 1.68. The molecule has 1 aliphatic carbocycles. The number of nitrogens with one attached hydrogen (secondary N) is 1. The highest BCUT2D eigenvalue weighted by Crippen LogP contribution is 2.51. The van der Waals surface area contributed by atoms with Gasteiger partial charge in [-0.3, -0.25) is 4.79 Å². The number of anilines is 1. The number of amides is 1. The standard InChI is InChI=1S/C15H17NO2/c1-15(2)10-13(15)14(18)16-12-7-3-5-11(9-12)6-4-8-17/h3,5,7,9,13,17H,8,10H2,1-2H3,(H,16,18). The number of hydrogen-bond acceptors (Lipinski definition) is 2. The lowest BCUT2D eigenvalue weighted by Gasteiger charge is -2.06. The Balaban J connectivity index is 2.04. The van der Waals surface area contributed by atoms with Crippen LogP contribution < -0.4 is 5.32 Å². The first-order valence-corrected chi connectivity index (χ1v) is 6.03. The number of benzene rings is 1. The van der Waals surface area contributed by atoms with Gasteiger partial charge in [0.05, 0.1) is 0 Å². The minimum absolute atomic E-state index is 0.0762. The van der Waals surface area contributed by atoms with Crippen LogP contribution in [0.3, 0.4) is 0 Å². The fraction of sp³-hybridized carbons (Fsp3) is 0.400. The van der Waals surface area contributed by atoms with E-state index < -0.39 is 0 Å². The zero-order valence-electron chi connectivity index (χ0n) is 10.7. The third-order valence-electron chi connectivity index (χ3n) is 3.27. The average Bonchev–Trinajstić information content (AvgIpc) is 2.96. The predicted octanol–water partition coefficient (Wildman–Crippen LogP) is 2.01. The van der Waals surface area contributed by atoms with Gasteiger partial charge in [0.25, 0.3) is 0 Å². The molecule has 0 bridgehead atoms. The first-order valence-electron chi connectivity index (χ1n) is 6.03. The van der Waals surface area contributed by atoms with E-state index in [0.29, 0.717) is 0 Å². The van der Waals surface area contributed by atoms with Crippen LogP contribution in [0.4, 0.5) is 5.69 Å². The van der Waals surface area contributed by atoms with Crippen molar-refractivity contribution in [3.05, 3.63) is 29.8 Å². The lowest BCUT2D eigenvalue weighted by molar-refractivity contribution is -0.117. The molecular weight excluding hydrogens is 226 g/mol. The number of rotatable bonds is 2. The molecule has 0 heterocycles. The van der Waals surface area contributed by atoms with Gasteiger partial charge < -0.3 is 10.4 Å². The molecule has 0 aliphatic heterocycles. The van der Waals surface area contributed by atoms with E-state index in [-0.39, 0.29) is 23.8 Å². The van der Waals surface area contributed by atoms with E-state index in [1.807, 2.05) is 24.3 Å². The molecule has 2 N–H and O–H groups in total. The Bertz CT molecular complexity index is 523. The first kappa shape index (κ1) is 12.7. The summed E-state index contributed by atoms with van der Waals surface area (Å²) in [6, 6.07) is 7.35. The van der Waals surface area contributed by atoms with Crippen molar-refractivity contribution < 1.29 is 9.90 Å². The number of aliphatic hydroxyl groups excluding tert-OH is 1. The van der Waals surface area contributed by atoms with E-state index in [1.54, 1.807) is 0 Å². The summed E-state index contributed by atoms with van der Waals surface area (Å²) in [5.74, 6) is 5.60. The molecule has 2 rings (SSSR count). The SMILES string of the molecule is CC1(C)CC1C(=O)Nc1cccc(C#CCO)c1. The molecule has 3 nitrogen and oxygen atoms in total. The second kappa shape index (κ2) is 4.83. The van der Waals surface area contributed by atoms with Gasteiger partial charge in [0.15, 0.2) is 0 Å². The van der Waals surface area contributed by atoms with Gasteiger partial charge >= 0.3 is 0 Å². The van der Waals surface area contributed by atoms with Crippen LogP contribution in [0.5, 0.6) is 0 Å².